The van der Waals surface area contributed by atoms with Gasteiger partial charge in [0.25, 0.3) is 0 Å². The van der Waals surface area contributed by atoms with Crippen molar-refractivity contribution in [2.45, 2.75) is 50.2 Å². The molecule has 25 heavy (non-hydrogen) atoms. The second-order valence-corrected chi connectivity index (χ2v) is 5.86. The van der Waals surface area contributed by atoms with E-state index in [4.69, 9.17) is 0 Å². The number of aromatic nitrogens is 3. The van der Waals surface area contributed by atoms with Gasteiger partial charge in [-0.25, -0.2) is 0 Å². The SMILES string of the molecule is FC(F)(F)C(F)(F)c1nnc(-c2[c-]cccc2)n1C1CCCCC1.[Ir]. The van der Waals surface area contributed by atoms with Crippen molar-refractivity contribution < 1.29 is 42.1 Å². The zero-order valence-electron chi connectivity index (χ0n) is 13.0. The Labute approximate surface area is 155 Å². The monoisotopic (exact) mass is 537 g/mol. The molecule has 1 aliphatic carbocycles. The predicted molar refractivity (Wildman–Crippen MR) is 76.4 cm³/mol. The fourth-order valence-corrected chi connectivity index (χ4v) is 3.03. The number of halogens is 5. The first kappa shape index (κ1) is 20.0. The van der Waals surface area contributed by atoms with Gasteiger partial charge in [0.15, 0.2) is 0 Å². The van der Waals surface area contributed by atoms with E-state index < -0.39 is 24.0 Å². The van der Waals surface area contributed by atoms with E-state index in [1.165, 1.54) is 0 Å². The number of nitrogens with zero attached hydrogens (tertiary/aromatic N) is 3. The van der Waals surface area contributed by atoms with Gasteiger partial charge < -0.3 is 4.57 Å². The summed E-state index contributed by atoms with van der Waals surface area (Å²) >= 11 is 0. The maximum atomic E-state index is 13.9. The molecule has 3 rings (SSSR count). The third kappa shape index (κ3) is 3.77. The normalized spacial score (nSPS) is 16.5. The summed E-state index contributed by atoms with van der Waals surface area (Å²) in [4.78, 5) is 0. The van der Waals surface area contributed by atoms with Crippen molar-refractivity contribution in [3.8, 4) is 11.4 Å². The third-order valence-corrected chi connectivity index (χ3v) is 4.22. The van der Waals surface area contributed by atoms with Gasteiger partial charge in [0.2, 0.25) is 5.82 Å². The molecule has 0 amide bonds. The van der Waals surface area contributed by atoms with Crippen LogP contribution in [0.1, 0.15) is 44.0 Å². The Bertz CT molecular complexity index is 694. The molecule has 1 aromatic carbocycles. The molecule has 0 saturated heterocycles. The molecule has 0 atom stereocenters. The van der Waals surface area contributed by atoms with E-state index in [1.807, 2.05) is 0 Å². The smallest absolute Gasteiger partial charge is 0.343 e. The zero-order valence-corrected chi connectivity index (χ0v) is 15.4. The van der Waals surface area contributed by atoms with Crippen molar-refractivity contribution in [1.82, 2.24) is 14.8 Å². The summed E-state index contributed by atoms with van der Waals surface area (Å²) in [5.74, 6) is -6.39. The Kier molecular flexibility index (Phi) is 5.99. The number of hydrogen-bond acceptors (Lipinski definition) is 2. The van der Waals surface area contributed by atoms with Crippen molar-refractivity contribution in [2.75, 3.05) is 0 Å². The molecule has 1 radical (unpaired) electrons. The average molecular weight is 537 g/mol. The Balaban J connectivity index is 0.00000225. The van der Waals surface area contributed by atoms with Gasteiger partial charge in [-0.3, -0.25) is 0 Å². The van der Waals surface area contributed by atoms with E-state index in [1.54, 1.807) is 24.3 Å². The van der Waals surface area contributed by atoms with Gasteiger partial charge in [-0.1, -0.05) is 19.3 Å². The van der Waals surface area contributed by atoms with Crippen LogP contribution in [-0.4, -0.2) is 20.9 Å². The van der Waals surface area contributed by atoms with Gasteiger partial charge in [0.1, 0.15) is 0 Å². The Morgan fingerprint density at radius 1 is 1.00 bits per heavy atom. The van der Waals surface area contributed by atoms with Gasteiger partial charge in [-0.15, -0.1) is 41.0 Å². The van der Waals surface area contributed by atoms with Crippen molar-refractivity contribution >= 4 is 0 Å². The molecule has 0 bridgehead atoms. The van der Waals surface area contributed by atoms with Crippen LogP contribution in [0, 0.1) is 6.07 Å². The van der Waals surface area contributed by atoms with Gasteiger partial charge >= 0.3 is 12.1 Å². The minimum absolute atomic E-state index is 0. The first-order chi connectivity index (χ1) is 11.3. The topological polar surface area (TPSA) is 30.7 Å². The predicted octanol–water partition coefficient (Wildman–Crippen LogP) is 4.90. The molecular weight excluding hydrogens is 521 g/mol. The van der Waals surface area contributed by atoms with Crippen LogP contribution in [-0.2, 0) is 26.0 Å². The Hall–Kier alpha value is -1.34. The van der Waals surface area contributed by atoms with Gasteiger partial charge in [-0.2, -0.15) is 27.1 Å². The molecule has 3 nitrogen and oxygen atoms in total. The number of hydrogen-bond donors (Lipinski definition) is 0. The van der Waals surface area contributed by atoms with Gasteiger partial charge in [-0.05, 0) is 12.8 Å². The molecule has 0 unspecified atom stereocenters. The van der Waals surface area contributed by atoms with E-state index in [0.29, 0.717) is 18.4 Å². The zero-order chi connectivity index (χ0) is 17.4. The first-order valence-corrected chi connectivity index (χ1v) is 7.69. The van der Waals surface area contributed by atoms with E-state index in [9.17, 15) is 22.0 Å². The molecule has 1 fully saturated rings. The summed E-state index contributed by atoms with van der Waals surface area (Å²) in [5.41, 5.74) is 0.347. The molecule has 1 heterocycles. The fourth-order valence-electron chi connectivity index (χ4n) is 3.03. The molecule has 1 saturated carbocycles. The fraction of sp³-hybridized carbons (Fsp3) is 0.500. The summed E-state index contributed by atoms with van der Waals surface area (Å²) < 4.78 is 67.4. The van der Waals surface area contributed by atoms with Crippen molar-refractivity contribution in [2.24, 2.45) is 0 Å². The van der Waals surface area contributed by atoms with Crippen LogP contribution in [0.5, 0.6) is 0 Å². The molecule has 1 aromatic heterocycles. The standard InChI is InChI=1S/C16H15F5N3.Ir/c17-15(18,16(19,20)21)14-23-22-13(11-7-3-1-4-8-11)24(14)12-9-5-2-6-10-12;/h1,3-4,7,12H,2,5-6,9-10H2;/q-1;. The van der Waals surface area contributed by atoms with Gasteiger partial charge in [0.05, 0.1) is 5.82 Å². The molecule has 9 heteroatoms. The average Bonchev–Trinajstić information content (AvgIpc) is 3.01. The van der Waals surface area contributed by atoms with E-state index in [2.05, 4.69) is 16.3 Å². The number of rotatable bonds is 3. The molecule has 1 aliphatic rings. The molecule has 139 valence electrons. The summed E-state index contributed by atoms with van der Waals surface area (Å²) in [5, 5.41) is 6.87. The summed E-state index contributed by atoms with van der Waals surface area (Å²) in [6.07, 6.45) is -2.17. The van der Waals surface area contributed by atoms with Crippen molar-refractivity contribution in [3.05, 3.63) is 36.2 Å². The third-order valence-electron chi connectivity index (χ3n) is 4.22. The molecule has 0 spiro atoms. The molecular formula is C16H15F5IrN3-. The van der Waals surface area contributed by atoms with Crippen LogP contribution in [0.15, 0.2) is 24.3 Å². The minimum Gasteiger partial charge on any atom is -0.343 e. The van der Waals surface area contributed by atoms with Crippen molar-refractivity contribution in [3.63, 3.8) is 0 Å². The van der Waals surface area contributed by atoms with Crippen LogP contribution in [0.2, 0.25) is 0 Å². The largest absolute Gasteiger partial charge is 0.461 e. The summed E-state index contributed by atoms with van der Waals surface area (Å²) in [7, 11) is 0. The summed E-state index contributed by atoms with van der Waals surface area (Å²) in [6.45, 7) is 0. The van der Waals surface area contributed by atoms with Crippen LogP contribution < -0.4 is 0 Å². The number of alkyl halides is 5. The van der Waals surface area contributed by atoms with E-state index >= 15 is 0 Å². The molecule has 0 aliphatic heterocycles. The summed E-state index contributed by atoms with van der Waals surface area (Å²) in [6, 6.07) is 8.79. The number of benzene rings is 1. The maximum Gasteiger partial charge on any atom is 0.461 e. The Morgan fingerprint density at radius 2 is 1.68 bits per heavy atom. The van der Waals surface area contributed by atoms with Crippen LogP contribution in [0.4, 0.5) is 22.0 Å². The molecule has 2 aromatic rings. The first-order valence-electron chi connectivity index (χ1n) is 7.69. The van der Waals surface area contributed by atoms with E-state index in [-0.39, 0.29) is 25.9 Å². The van der Waals surface area contributed by atoms with E-state index in [0.717, 1.165) is 23.8 Å². The second-order valence-electron chi connectivity index (χ2n) is 5.86. The second kappa shape index (κ2) is 7.50. The Morgan fingerprint density at radius 3 is 2.24 bits per heavy atom. The van der Waals surface area contributed by atoms with Crippen LogP contribution in [0.25, 0.3) is 11.4 Å². The maximum absolute atomic E-state index is 13.9. The quantitative estimate of drug-likeness (QED) is 0.413. The minimum atomic E-state index is -5.72. The van der Waals surface area contributed by atoms with Crippen molar-refractivity contribution in [1.29, 1.82) is 0 Å². The van der Waals surface area contributed by atoms with Gasteiger partial charge in [0, 0.05) is 26.1 Å². The molecule has 0 N–H and O–H groups in total. The van der Waals surface area contributed by atoms with Crippen LogP contribution >= 0.6 is 0 Å². The van der Waals surface area contributed by atoms with Crippen LogP contribution in [0.3, 0.4) is 0 Å².